The van der Waals surface area contributed by atoms with Crippen LogP contribution < -0.4 is 4.90 Å². The Balaban J connectivity index is 1.54. The Kier molecular flexibility index (Phi) is 6.12. The van der Waals surface area contributed by atoms with Gasteiger partial charge in [0.25, 0.3) is 5.89 Å². The van der Waals surface area contributed by atoms with E-state index in [1.54, 1.807) is 34.1 Å². The first-order chi connectivity index (χ1) is 15.3. The Bertz CT molecular complexity index is 1170. The molecule has 4 rings (SSSR count). The first-order valence-corrected chi connectivity index (χ1v) is 11.6. The molecule has 0 spiro atoms. The fraction of sp³-hybridized carbons (Fsp3) is 0.300. The smallest absolute Gasteiger partial charge is 0.324 e. The number of hydrogen-bond acceptors (Lipinski definition) is 7. The Hall–Kier alpha value is -3.41. The second-order valence-electron chi connectivity index (χ2n) is 7.20. The molecule has 0 aliphatic carbocycles. The van der Waals surface area contributed by atoms with Gasteiger partial charge in [-0.05, 0) is 24.3 Å². The molecule has 1 N–H and O–H groups in total. The van der Waals surface area contributed by atoms with E-state index in [1.165, 1.54) is 6.20 Å². The number of urea groups is 1. The number of aromatic nitrogens is 3. The number of para-hydroxylation sites is 1. The van der Waals surface area contributed by atoms with E-state index in [9.17, 15) is 17.8 Å². The molecular weight excluding hydrogens is 442 g/mol. The van der Waals surface area contributed by atoms with Crippen LogP contribution in [0, 0.1) is 4.78 Å². The van der Waals surface area contributed by atoms with Crippen LogP contribution in [0.4, 0.5) is 19.3 Å². The lowest BCUT2D eigenvalue weighted by Gasteiger charge is -2.33. The average molecular weight is 462 g/mol. The molecule has 12 heteroatoms. The highest BCUT2D eigenvalue weighted by Gasteiger charge is 2.28. The maximum atomic E-state index is 13.2. The maximum absolute atomic E-state index is 13.2. The van der Waals surface area contributed by atoms with Gasteiger partial charge in [-0.15, -0.1) is 10.2 Å². The monoisotopic (exact) mass is 462 g/mol. The summed E-state index contributed by atoms with van der Waals surface area (Å²) in [5.74, 6) is -0.524. The molecule has 9 nitrogen and oxygen atoms in total. The van der Waals surface area contributed by atoms with Crippen molar-refractivity contribution in [2.24, 2.45) is 0 Å². The number of hydrogen-bond donors (Lipinski definition) is 1. The molecule has 1 aromatic carbocycles. The number of amides is 2. The van der Waals surface area contributed by atoms with E-state index in [0.717, 1.165) is 0 Å². The Morgan fingerprint density at radius 2 is 1.88 bits per heavy atom. The summed E-state index contributed by atoms with van der Waals surface area (Å²) in [5.41, 5.74) is 1.60. The molecule has 32 heavy (non-hydrogen) atoms. The number of anilines is 1. The van der Waals surface area contributed by atoms with Crippen LogP contribution in [0.5, 0.6) is 0 Å². The van der Waals surface area contributed by atoms with E-state index in [4.69, 9.17) is 9.20 Å². The number of benzene rings is 1. The van der Waals surface area contributed by atoms with Crippen molar-refractivity contribution in [3.8, 4) is 11.5 Å². The first-order valence-electron chi connectivity index (χ1n) is 9.75. The van der Waals surface area contributed by atoms with E-state index >= 15 is 0 Å². The van der Waals surface area contributed by atoms with Crippen molar-refractivity contribution in [3.63, 3.8) is 0 Å². The average Bonchev–Trinajstić information content (AvgIpc) is 3.29. The molecule has 0 saturated carbocycles. The predicted molar refractivity (Wildman–Crippen MR) is 113 cm³/mol. The second kappa shape index (κ2) is 8.99. The third-order valence-electron chi connectivity index (χ3n) is 4.97. The summed E-state index contributed by atoms with van der Waals surface area (Å²) >= 11 is 0. The zero-order valence-electron chi connectivity index (χ0n) is 16.9. The van der Waals surface area contributed by atoms with E-state index in [0.29, 0.717) is 16.9 Å². The third-order valence-corrected chi connectivity index (χ3v) is 6.65. The molecule has 3 heterocycles. The number of alkyl halides is 2. The lowest BCUT2D eigenvalue weighted by atomic mass is 10.2. The minimum absolute atomic E-state index is 0.0670. The minimum Gasteiger partial charge on any atom is -0.415 e. The Morgan fingerprint density at radius 1 is 1.16 bits per heavy atom. The molecule has 1 aliphatic rings. The summed E-state index contributed by atoms with van der Waals surface area (Å²) in [6, 6.07) is 12.1. The zero-order valence-corrected chi connectivity index (χ0v) is 17.7. The van der Waals surface area contributed by atoms with Crippen LogP contribution in [-0.2, 0) is 16.3 Å². The van der Waals surface area contributed by atoms with E-state index in [1.807, 2.05) is 18.2 Å². The molecule has 0 bridgehead atoms. The van der Waals surface area contributed by atoms with Crippen LogP contribution in [0.25, 0.3) is 11.5 Å². The van der Waals surface area contributed by atoms with Gasteiger partial charge < -0.3 is 9.32 Å². The summed E-state index contributed by atoms with van der Waals surface area (Å²) in [7, 11) is -2.62. The molecule has 2 aromatic heterocycles. The maximum Gasteiger partial charge on any atom is 0.324 e. The van der Waals surface area contributed by atoms with Gasteiger partial charge in [0, 0.05) is 46.2 Å². The quantitative estimate of drug-likeness (QED) is 0.620. The largest absolute Gasteiger partial charge is 0.415 e. The molecule has 1 saturated heterocycles. The van der Waals surface area contributed by atoms with Crippen LogP contribution in [0.1, 0.15) is 18.0 Å². The van der Waals surface area contributed by atoms with Gasteiger partial charge in [0.05, 0.1) is 17.8 Å². The highest BCUT2D eigenvalue weighted by molar-refractivity contribution is 7.92. The number of carbonyl (C=O) groups is 1. The molecule has 168 valence electrons. The summed E-state index contributed by atoms with van der Waals surface area (Å²) in [5, 5.41) is 6.90. The highest BCUT2D eigenvalue weighted by Crippen LogP contribution is 2.24. The van der Waals surface area contributed by atoms with Gasteiger partial charge in [-0.2, -0.15) is 8.78 Å². The van der Waals surface area contributed by atoms with Crippen LogP contribution in [0.15, 0.2) is 53.1 Å². The topological polar surface area (TPSA) is 116 Å². The van der Waals surface area contributed by atoms with Gasteiger partial charge in [0.2, 0.25) is 5.89 Å². The highest BCUT2D eigenvalue weighted by atomic mass is 32.2. The van der Waals surface area contributed by atoms with E-state index in [-0.39, 0.29) is 43.1 Å². The summed E-state index contributed by atoms with van der Waals surface area (Å²) in [6.07, 6.45) is -1.44. The van der Waals surface area contributed by atoms with Gasteiger partial charge in [0.15, 0.2) is 0 Å². The molecule has 1 fully saturated rings. The predicted octanol–water partition coefficient (Wildman–Crippen LogP) is 3.56. The summed E-state index contributed by atoms with van der Waals surface area (Å²) in [6.45, 7) is 0.656. The normalized spacial score (nSPS) is 15.7. The molecular formula is C20H20F2N6O3S. The molecule has 0 radical (unpaired) electrons. The Morgan fingerprint density at radius 3 is 2.47 bits per heavy atom. The molecule has 1 aliphatic heterocycles. The Labute approximate surface area is 183 Å². The van der Waals surface area contributed by atoms with Crippen LogP contribution in [0.3, 0.4) is 0 Å². The van der Waals surface area contributed by atoms with Crippen LogP contribution in [0.2, 0.25) is 0 Å². The number of pyridine rings is 1. The third kappa shape index (κ3) is 4.90. The number of nitrogens with one attached hydrogen (secondary N) is 1. The van der Waals surface area contributed by atoms with Crippen molar-refractivity contribution in [2.45, 2.75) is 13.0 Å². The van der Waals surface area contributed by atoms with Gasteiger partial charge in [-0.3, -0.25) is 14.7 Å². The number of nitrogens with zero attached hydrogens (tertiary/aromatic N) is 5. The summed E-state index contributed by atoms with van der Waals surface area (Å²) in [4.78, 5) is 20.7. The second-order valence-corrected chi connectivity index (χ2v) is 9.64. The molecule has 3 aromatic rings. The first kappa shape index (κ1) is 21.8. The van der Waals surface area contributed by atoms with Gasteiger partial charge in [-0.1, -0.05) is 18.2 Å². The van der Waals surface area contributed by atoms with Crippen molar-refractivity contribution in [1.29, 1.82) is 4.78 Å². The summed E-state index contributed by atoms with van der Waals surface area (Å²) < 4.78 is 49.9. The van der Waals surface area contributed by atoms with Crippen molar-refractivity contribution in [3.05, 3.63) is 60.2 Å². The molecule has 0 atom stereocenters. The number of carbonyl (C=O) groups excluding carboxylic acids is 1. The van der Waals surface area contributed by atoms with Crippen molar-refractivity contribution in [2.75, 3.05) is 29.5 Å². The lowest BCUT2D eigenvalue weighted by Crippen LogP contribution is -2.49. The fourth-order valence-electron chi connectivity index (χ4n) is 3.21. The van der Waals surface area contributed by atoms with Crippen molar-refractivity contribution in [1.82, 2.24) is 20.1 Å². The fourth-order valence-corrected chi connectivity index (χ4v) is 4.45. The van der Waals surface area contributed by atoms with Gasteiger partial charge in [0.1, 0.15) is 0 Å². The van der Waals surface area contributed by atoms with Gasteiger partial charge in [-0.25, -0.2) is 9.00 Å². The number of halogens is 2. The minimum atomic E-state index is -2.85. The SMILES string of the molecule is N=S1(=O)CCN(C(=O)N(Cc2ccc(-c3nnc(C(F)F)o3)cn2)c2ccccc2)CC1. The molecule has 2 amide bonds. The lowest BCUT2D eigenvalue weighted by molar-refractivity contribution is 0.116. The van der Waals surface area contributed by atoms with Gasteiger partial charge >= 0.3 is 12.5 Å². The van der Waals surface area contributed by atoms with E-state index < -0.39 is 22.0 Å². The van der Waals surface area contributed by atoms with E-state index in [2.05, 4.69) is 15.2 Å². The standard InChI is InChI=1S/C20H20F2N6O3S/c21-17(22)19-26-25-18(31-19)14-6-7-15(24-12-14)13-28(16-4-2-1-3-5-16)20(29)27-8-10-32(23,30)11-9-27/h1-7,12,17,23H,8-11,13H2. The van der Waals surface area contributed by atoms with Crippen LogP contribution >= 0.6 is 0 Å². The van der Waals surface area contributed by atoms with Crippen molar-refractivity contribution >= 4 is 21.4 Å². The molecule has 0 unspecified atom stereocenters. The zero-order chi connectivity index (χ0) is 22.7. The van der Waals surface area contributed by atoms with Crippen molar-refractivity contribution < 1.29 is 22.2 Å². The van der Waals surface area contributed by atoms with Crippen LogP contribution in [-0.4, -0.2) is 54.9 Å². The number of rotatable bonds is 5.